The third-order valence-electron chi connectivity index (χ3n) is 2.87. The smallest absolute Gasteiger partial charge is 0.217 e. The van der Waals surface area contributed by atoms with Crippen LogP contribution in [-0.2, 0) is 4.79 Å². The highest BCUT2D eigenvalue weighted by atomic mass is 35.5. The molecular formula is C13H14ClNO3. The van der Waals surface area contributed by atoms with Gasteiger partial charge in [0.2, 0.25) is 5.91 Å². The van der Waals surface area contributed by atoms with Crippen molar-refractivity contribution in [3.05, 3.63) is 29.3 Å². The fourth-order valence-electron chi connectivity index (χ4n) is 2.04. The van der Waals surface area contributed by atoms with Crippen molar-refractivity contribution in [2.45, 2.75) is 19.4 Å². The molecule has 0 aromatic heterocycles. The number of benzene rings is 1. The maximum atomic E-state index is 11.6. The molecular weight excluding hydrogens is 254 g/mol. The summed E-state index contributed by atoms with van der Waals surface area (Å²) in [6.07, 6.45) is 0.700. The van der Waals surface area contributed by atoms with E-state index in [0.717, 1.165) is 5.56 Å². The first-order valence-corrected chi connectivity index (χ1v) is 6.28. The van der Waals surface area contributed by atoms with Crippen LogP contribution < -0.4 is 10.1 Å². The molecule has 5 heteroatoms. The van der Waals surface area contributed by atoms with Crippen molar-refractivity contribution in [1.82, 2.24) is 5.32 Å². The van der Waals surface area contributed by atoms with Crippen molar-refractivity contribution in [3.8, 4) is 5.75 Å². The monoisotopic (exact) mass is 267 g/mol. The molecule has 4 nitrogen and oxygen atoms in total. The average molecular weight is 268 g/mol. The fraction of sp³-hybridized carbons (Fsp3) is 0.385. The van der Waals surface area contributed by atoms with Crippen LogP contribution in [0, 0.1) is 0 Å². The van der Waals surface area contributed by atoms with Crippen molar-refractivity contribution in [2.75, 3.05) is 12.5 Å². The number of carbonyl (C=O) groups is 2. The second-order valence-electron chi connectivity index (χ2n) is 4.20. The molecule has 1 aromatic carbocycles. The quantitative estimate of drug-likeness (QED) is 0.674. The minimum atomic E-state index is -0.133. The van der Waals surface area contributed by atoms with Gasteiger partial charge in [0.05, 0.1) is 18.5 Å². The van der Waals surface area contributed by atoms with E-state index in [1.807, 2.05) is 0 Å². The van der Waals surface area contributed by atoms with Gasteiger partial charge in [-0.1, -0.05) is 0 Å². The first kappa shape index (κ1) is 12.9. The number of halogens is 1. The Morgan fingerprint density at radius 1 is 1.50 bits per heavy atom. The number of amides is 1. The van der Waals surface area contributed by atoms with Crippen LogP contribution in [0.15, 0.2) is 18.2 Å². The van der Waals surface area contributed by atoms with Gasteiger partial charge in [-0.2, -0.15) is 0 Å². The Hall–Kier alpha value is -1.55. The molecule has 0 spiro atoms. The highest BCUT2D eigenvalue weighted by Crippen LogP contribution is 2.32. The van der Waals surface area contributed by atoms with Crippen molar-refractivity contribution in [1.29, 1.82) is 0 Å². The van der Waals surface area contributed by atoms with E-state index in [0.29, 0.717) is 24.3 Å². The third kappa shape index (κ3) is 2.64. The van der Waals surface area contributed by atoms with Crippen LogP contribution in [0.5, 0.6) is 5.75 Å². The minimum absolute atomic E-state index is 0.0511. The molecule has 0 aliphatic carbocycles. The lowest BCUT2D eigenvalue weighted by Gasteiger charge is -2.26. The normalized spacial score (nSPS) is 17.6. The van der Waals surface area contributed by atoms with Gasteiger partial charge < -0.3 is 10.1 Å². The predicted octanol–water partition coefficient (Wildman–Crippen LogP) is 2.07. The van der Waals surface area contributed by atoms with E-state index in [-0.39, 0.29) is 23.6 Å². The van der Waals surface area contributed by atoms with Gasteiger partial charge in [0, 0.05) is 24.5 Å². The van der Waals surface area contributed by atoms with Crippen molar-refractivity contribution >= 4 is 23.3 Å². The van der Waals surface area contributed by atoms with E-state index in [9.17, 15) is 9.59 Å². The molecule has 1 heterocycles. The van der Waals surface area contributed by atoms with Gasteiger partial charge in [-0.25, -0.2) is 0 Å². The van der Waals surface area contributed by atoms with Gasteiger partial charge in [0.1, 0.15) is 5.75 Å². The Kier molecular flexibility index (Phi) is 3.87. The maximum absolute atomic E-state index is 11.6. The second-order valence-corrected chi connectivity index (χ2v) is 4.47. The average Bonchev–Trinajstić information content (AvgIpc) is 2.37. The number of alkyl halides is 1. The van der Waals surface area contributed by atoms with Gasteiger partial charge in [0.15, 0.2) is 5.78 Å². The highest BCUT2D eigenvalue weighted by Gasteiger charge is 2.23. The standard InChI is InChI=1S/C13H14ClNO3/c1-8(16)15-11-4-5-18-13-3-2-9(6-10(11)13)12(17)7-14/h2-3,6,11H,4-5,7H2,1H3,(H,15,16). The molecule has 0 radical (unpaired) electrons. The summed E-state index contributed by atoms with van der Waals surface area (Å²) in [5, 5.41) is 2.86. The van der Waals surface area contributed by atoms with E-state index < -0.39 is 0 Å². The molecule has 0 fully saturated rings. The van der Waals surface area contributed by atoms with Gasteiger partial charge in [-0.05, 0) is 18.2 Å². The van der Waals surface area contributed by atoms with Crippen LogP contribution in [0.2, 0.25) is 0 Å². The molecule has 1 aliphatic rings. The summed E-state index contributed by atoms with van der Waals surface area (Å²) in [7, 11) is 0. The van der Waals surface area contributed by atoms with Crippen LogP contribution in [0.25, 0.3) is 0 Å². The van der Waals surface area contributed by atoms with E-state index in [1.165, 1.54) is 6.92 Å². The lowest BCUT2D eigenvalue weighted by Crippen LogP contribution is -2.30. The molecule has 2 rings (SSSR count). The van der Waals surface area contributed by atoms with E-state index in [4.69, 9.17) is 16.3 Å². The summed E-state index contributed by atoms with van der Waals surface area (Å²) >= 11 is 5.54. The first-order chi connectivity index (χ1) is 8.61. The Balaban J connectivity index is 2.34. The van der Waals surface area contributed by atoms with Gasteiger partial charge in [0.25, 0.3) is 0 Å². The third-order valence-corrected chi connectivity index (χ3v) is 3.11. The van der Waals surface area contributed by atoms with Crippen molar-refractivity contribution in [2.24, 2.45) is 0 Å². The van der Waals surface area contributed by atoms with Crippen molar-refractivity contribution < 1.29 is 14.3 Å². The summed E-state index contributed by atoms with van der Waals surface area (Å²) in [5.74, 6) is 0.435. The Labute approximate surface area is 110 Å². The Morgan fingerprint density at radius 2 is 2.28 bits per heavy atom. The van der Waals surface area contributed by atoms with E-state index in [1.54, 1.807) is 18.2 Å². The highest BCUT2D eigenvalue weighted by molar-refractivity contribution is 6.30. The Bertz CT molecular complexity index is 487. The number of hydrogen-bond donors (Lipinski definition) is 1. The number of ketones is 1. The van der Waals surface area contributed by atoms with Crippen LogP contribution in [0.1, 0.15) is 35.3 Å². The van der Waals surface area contributed by atoms with Crippen LogP contribution >= 0.6 is 11.6 Å². The van der Waals surface area contributed by atoms with E-state index >= 15 is 0 Å². The van der Waals surface area contributed by atoms with E-state index in [2.05, 4.69) is 5.32 Å². The lowest BCUT2D eigenvalue weighted by atomic mass is 9.97. The number of nitrogens with one attached hydrogen (secondary N) is 1. The number of hydrogen-bond acceptors (Lipinski definition) is 3. The van der Waals surface area contributed by atoms with Gasteiger partial charge in [-0.15, -0.1) is 11.6 Å². The molecule has 0 saturated heterocycles. The number of ether oxygens (including phenoxy) is 1. The zero-order valence-electron chi connectivity index (χ0n) is 10.0. The van der Waals surface area contributed by atoms with Crippen LogP contribution in [0.3, 0.4) is 0 Å². The molecule has 18 heavy (non-hydrogen) atoms. The van der Waals surface area contributed by atoms with Crippen molar-refractivity contribution in [3.63, 3.8) is 0 Å². The summed E-state index contributed by atoms with van der Waals surface area (Å²) < 4.78 is 5.51. The number of rotatable bonds is 3. The minimum Gasteiger partial charge on any atom is -0.493 e. The molecule has 1 amide bonds. The number of Topliss-reactive ketones (excluding diaryl/α,β-unsaturated/α-hetero) is 1. The van der Waals surface area contributed by atoms with Gasteiger partial charge >= 0.3 is 0 Å². The molecule has 1 atom stereocenters. The summed E-state index contributed by atoms with van der Waals surface area (Å²) in [6.45, 7) is 2.03. The lowest BCUT2D eigenvalue weighted by molar-refractivity contribution is -0.119. The SMILES string of the molecule is CC(=O)NC1CCOc2ccc(C(=O)CCl)cc21. The maximum Gasteiger partial charge on any atom is 0.217 e. The molecule has 0 bridgehead atoms. The largest absolute Gasteiger partial charge is 0.493 e. The van der Waals surface area contributed by atoms with Gasteiger partial charge in [-0.3, -0.25) is 9.59 Å². The molecule has 1 unspecified atom stereocenters. The Morgan fingerprint density at radius 3 is 2.94 bits per heavy atom. The van der Waals surface area contributed by atoms with Crippen LogP contribution in [0.4, 0.5) is 0 Å². The zero-order chi connectivity index (χ0) is 13.1. The molecule has 1 aromatic rings. The predicted molar refractivity (Wildman–Crippen MR) is 68.2 cm³/mol. The molecule has 1 N–H and O–H groups in total. The number of fused-ring (bicyclic) bond motifs is 1. The second kappa shape index (κ2) is 5.40. The summed E-state index contributed by atoms with van der Waals surface area (Å²) in [5.41, 5.74) is 1.39. The zero-order valence-corrected chi connectivity index (χ0v) is 10.8. The molecule has 0 saturated carbocycles. The number of carbonyl (C=O) groups excluding carboxylic acids is 2. The summed E-state index contributed by atoms with van der Waals surface area (Å²) in [4.78, 5) is 22.7. The fourth-order valence-corrected chi connectivity index (χ4v) is 2.19. The first-order valence-electron chi connectivity index (χ1n) is 5.75. The molecule has 96 valence electrons. The molecule has 1 aliphatic heterocycles. The van der Waals surface area contributed by atoms with Crippen LogP contribution in [-0.4, -0.2) is 24.2 Å². The summed E-state index contributed by atoms with van der Waals surface area (Å²) in [6, 6.07) is 5.09. The topological polar surface area (TPSA) is 55.4 Å².